The summed E-state index contributed by atoms with van der Waals surface area (Å²) in [5.74, 6) is 0.240. The molecule has 0 spiro atoms. The van der Waals surface area contributed by atoms with Gasteiger partial charge in [0, 0.05) is 18.0 Å². The SMILES string of the molecule is Cc1cc([N+](=O)[O-])ccc1C(O)C(O)CCCl. The van der Waals surface area contributed by atoms with E-state index in [0.717, 1.165) is 0 Å². The fourth-order valence-corrected chi connectivity index (χ4v) is 1.81. The van der Waals surface area contributed by atoms with E-state index in [2.05, 4.69) is 0 Å². The Bertz CT molecular complexity index is 410. The van der Waals surface area contributed by atoms with E-state index in [4.69, 9.17) is 11.6 Å². The van der Waals surface area contributed by atoms with Crippen LogP contribution in [0, 0.1) is 17.0 Å². The molecule has 0 aliphatic rings. The molecule has 94 valence electrons. The topological polar surface area (TPSA) is 83.6 Å². The number of aliphatic hydroxyl groups excluding tert-OH is 2. The number of hydrogen-bond acceptors (Lipinski definition) is 4. The molecule has 0 saturated heterocycles. The van der Waals surface area contributed by atoms with Gasteiger partial charge in [-0.3, -0.25) is 10.1 Å². The molecule has 0 heterocycles. The van der Waals surface area contributed by atoms with Crippen LogP contribution < -0.4 is 0 Å². The normalized spacial score (nSPS) is 14.4. The first kappa shape index (κ1) is 13.9. The molecule has 0 amide bonds. The standard InChI is InChI=1S/C11H14ClNO4/c1-7-6-8(13(16)17)2-3-9(7)11(15)10(14)4-5-12/h2-3,6,10-11,14-15H,4-5H2,1H3. The number of nitro groups is 1. The van der Waals surface area contributed by atoms with E-state index in [1.165, 1.54) is 18.2 Å². The zero-order valence-corrected chi connectivity index (χ0v) is 10.1. The van der Waals surface area contributed by atoms with E-state index >= 15 is 0 Å². The second kappa shape index (κ2) is 5.95. The van der Waals surface area contributed by atoms with Crippen LogP contribution in [0.2, 0.25) is 0 Å². The third-order valence-electron chi connectivity index (χ3n) is 2.55. The Morgan fingerprint density at radius 1 is 1.47 bits per heavy atom. The molecule has 2 atom stereocenters. The Kier molecular flexibility index (Phi) is 4.86. The number of benzene rings is 1. The molecule has 1 aromatic rings. The number of aryl methyl sites for hydroxylation is 1. The van der Waals surface area contributed by atoms with Crippen LogP contribution in [0.4, 0.5) is 5.69 Å². The van der Waals surface area contributed by atoms with Gasteiger partial charge < -0.3 is 10.2 Å². The highest BCUT2D eigenvalue weighted by Crippen LogP contribution is 2.25. The number of halogens is 1. The molecule has 17 heavy (non-hydrogen) atoms. The van der Waals surface area contributed by atoms with Crippen LogP contribution in [0.1, 0.15) is 23.7 Å². The van der Waals surface area contributed by atoms with E-state index < -0.39 is 17.1 Å². The number of hydrogen-bond donors (Lipinski definition) is 2. The molecular weight excluding hydrogens is 246 g/mol. The molecule has 0 aromatic heterocycles. The Hall–Kier alpha value is -1.17. The van der Waals surface area contributed by atoms with Gasteiger partial charge in [0.1, 0.15) is 6.10 Å². The summed E-state index contributed by atoms with van der Waals surface area (Å²) >= 11 is 5.47. The average Bonchev–Trinajstić information content (AvgIpc) is 2.28. The van der Waals surface area contributed by atoms with Crippen molar-refractivity contribution in [1.29, 1.82) is 0 Å². The van der Waals surface area contributed by atoms with Crippen LogP contribution in [-0.2, 0) is 0 Å². The number of nitrogens with zero attached hydrogens (tertiary/aromatic N) is 1. The summed E-state index contributed by atoms with van der Waals surface area (Å²) in [5.41, 5.74) is 1.01. The van der Waals surface area contributed by atoms with Crippen LogP contribution in [0.5, 0.6) is 0 Å². The Labute approximate surface area is 104 Å². The summed E-state index contributed by atoms with van der Waals surface area (Å²) in [4.78, 5) is 10.0. The monoisotopic (exact) mass is 259 g/mol. The van der Waals surface area contributed by atoms with Crippen molar-refractivity contribution in [1.82, 2.24) is 0 Å². The molecule has 0 aliphatic heterocycles. The Morgan fingerprint density at radius 2 is 2.12 bits per heavy atom. The molecule has 2 N–H and O–H groups in total. The number of rotatable bonds is 5. The van der Waals surface area contributed by atoms with Gasteiger partial charge in [0.2, 0.25) is 0 Å². The van der Waals surface area contributed by atoms with Gasteiger partial charge in [-0.05, 0) is 30.5 Å². The smallest absolute Gasteiger partial charge is 0.269 e. The molecular formula is C11H14ClNO4. The fourth-order valence-electron chi connectivity index (χ4n) is 1.58. The lowest BCUT2D eigenvalue weighted by Gasteiger charge is -2.18. The lowest BCUT2D eigenvalue weighted by molar-refractivity contribution is -0.384. The van der Waals surface area contributed by atoms with Gasteiger partial charge in [-0.25, -0.2) is 0 Å². The van der Waals surface area contributed by atoms with Crippen LogP contribution in [-0.4, -0.2) is 27.1 Å². The molecule has 2 unspecified atom stereocenters. The number of alkyl halides is 1. The van der Waals surface area contributed by atoms with Crippen LogP contribution in [0.15, 0.2) is 18.2 Å². The lowest BCUT2D eigenvalue weighted by atomic mass is 9.98. The summed E-state index contributed by atoms with van der Waals surface area (Å²) in [6, 6.07) is 4.13. The maximum absolute atomic E-state index is 10.5. The predicted octanol–water partition coefficient (Wildman–Crippen LogP) is 1.93. The van der Waals surface area contributed by atoms with Crippen LogP contribution >= 0.6 is 11.6 Å². The molecule has 0 aliphatic carbocycles. The minimum Gasteiger partial charge on any atom is -0.390 e. The zero-order chi connectivity index (χ0) is 13.0. The molecule has 1 rings (SSSR count). The minimum absolute atomic E-state index is 0.0368. The highest BCUT2D eigenvalue weighted by molar-refractivity contribution is 6.17. The molecule has 0 fully saturated rings. The van der Waals surface area contributed by atoms with E-state index in [0.29, 0.717) is 11.1 Å². The molecule has 5 nitrogen and oxygen atoms in total. The summed E-state index contributed by atoms with van der Waals surface area (Å²) in [6.45, 7) is 1.65. The molecule has 6 heteroatoms. The molecule has 0 bridgehead atoms. The highest BCUT2D eigenvalue weighted by Gasteiger charge is 2.20. The predicted molar refractivity (Wildman–Crippen MR) is 64.1 cm³/mol. The van der Waals surface area contributed by atoms with Crippen LogP contribution in [0.3, 0.4) is 0 Å². The van der Waals surface area contributed by atoms with Gasteiger partial charge in [-0.1, -0.05) is 0 Å². The second-order valence-electron chi connectivity index (χ2n) is 3.79. The lowest BCUT2D eigenvalue weighted by Crippen LogP contribution is -2.19. The Balaban J connectivity index is 2.95. The highest BCUT2D eigenvalue weighted by atomic mass is 35.5. The van der Waals surface area contributed by atoms with Crippen molar-refractivity contribution in [3.8, 4) is 0 Å². The van der Waals surface area contributed by atoms with Crippen molar-refractivity contribution in [3.63, 3.8) is 0 Å². The first-order valence-corrected chi connectivity index (χ1v) is 5.68. The van der Waals surface area contributed by atoms with Crippen molar-refractivity contribution in [2.75, 3.05) is 5.88 Å². The zero-order valence-electron chi connectivity index (χ0n) is 9.34. The maximum Gasteiger partial charge on any atom is 0.269 e. The summed E-state index contributed by atoms with van der Waals surface area (Å²) in [7, 11) is 0. The molecule has 0 radical (unpaired) electrons. The quantitative estimate of drug-likeness (QED) is 0.481. The third-order valence-corrected chi connectivity index (χ3v) is 2.77. The summed E-state index contributed by atoms with van der Waals surface area (Å²) in [5, 5.41) is 30.0. The average molecular weight is 260 g/mol. The maximum atomic E-state index is 10.5. The second-order valence-corrected chi connectivity index (χ2v) is 4.17. The number of aliphatic hydroxyl groups is 2. The van der Waals surface area contributed by atoms with E-state index in [1.54, 1.807) is 6.92 Å². The van der Waals surface area contributed by atoms with E-state index in [1.807, 2.05) is 0 Å². The first-order valence-electron chi connectivity index (χ1n) is 5.14. The van der Waals surface area contributed by atoms with Crippen molar-refractivity contribution >= 4 is 17.3 Å². The first-order chi connectivity index (χ1) is 7.97. The van der Waals surface area contributed by atoms with Gasteiger partial charge in [0.05, 0.1) is 11.0 Å². The Morgan fingerprint density at radius 3 is 2.59 bits per heavy atom. The molecule has 1 aromatic carbocycles. The van der Waals surface area contributed by atoms with Crippen molar-refractivity contribution in [3.05, 3.63) is 39.4 Å². The largest absolute Gasteiger partial charge is 0.390 e. The van der Waals surface area contributed by atoms with Crippen molar-refractivity contribution in [2.45, 2.75) is 25.6 Å². The number of nitro benzene ring substituents is 1. The van der Waals surface area contributed by atoms with Gasteiger partial charge in [0.15, 0.2) is 0 Å². The van der Waals surface area contributed by atoms with Gasteiger partial charge in [-0.2, -0.15) is 0 Å². The summed E-state index contributed by atoms with van der Waals surface area (Å²) < 4.78 is 0. The van der Waals surface area contributed by atoms with Crippen molar-refractivity contribution in [2.24, 2.45) is 0 Å². The van der Waals surface area contributed by atoms with Gasteiger partial charge in [0.25, 0.3) is 5.69 Å². The molecule has 0 saturated carbocycles. The van der Waals surface area contributed by atoms with Gasteiger partial charge in [-0.15, -0.1) is 11.6 Å². The van der Waals surface area contributed by atoms with Crippen molar-refractivity contribution < 1.29 is 15.1 Å². The van der Waals surface area contributed by atoms with E-state index in [-0.39, 0.29) is 18.0 Å². The fraction of sp³-hybridized carbons (Fsp3) is 0.455. The summed E-state index contributed by atoms with van der Waals surface area (Å²) in [6.07, 6.45) is -1.78. The number of non-ortho nitro benzene ring substituents is 1. The van der Waals surface area contributed by atoms with E-state index in [9.17, 15) is 20.3 Å². The van der Waals surface area contributed by atoms with Crippen LogP contribution in [0.25, 0.3) is 0 Å². The minimum atomic E-state index is -1.07. The van der Waals surface area contributed by atoms with Gasteiger partial charge >= 0.3 is 0 Å². The third kappa shape index (κ3) is 3.39.